The van der Waals surface area contributed by atoms with Crippen LogP contribution in [0, 0.1) is 0 Å². The lowest BCUT2D eigenvalue weighted by Gasteiger charge is -2.15. The molecule has 1 unspecified atom stereocenters. The highest BCUT2D eigenvalue weighted by Crippen LogP contribution is 2.19. The van der Waals surface area contributed by atoms with Crippen molar-refractivity contribution in [1.29, 1.82) is 0 Å². The van der Waals surface area contributed by atoms with Crippen LogP contribution < -0.4 is 9.61 Å². The van der Waals surface area contributed by atoms with Crippen molar-refractivity contribution in [3.63, 3.8) is 0 Å². The molecule has 0 saturated carbocycles. The zero-order chi connectivity index (χ0) is 21.7. The van der Waals surface area contributed by atoms with Crippen LogP contribution in [0.3, 0.4) is 0 Å². The normalized spacial score (nSPS) is 12.8. The number of rotatable bonds is 9. The van der Waals surface area contributed by atoms with Gasteiger partial charge in [0.15, 0.2) is 6.10 Å². The van der Waals surface area contributed by atoms with E-state index in [9.17, 15) is 22.8 Å². The predicted molar refractivity (Wildman–Crippen MR) is 105 cm³/mol. The average Bonchev–Trinajstić information content (AvgIpc) is 3.01. The van der Waals surface area contributed by atoms with E-state index in [0.29, 0.717) is 17.9 Å². The Morgan fingerprint density at radius 3 is 2.50 bits per heavy atom. The van der Waals surface area contributed by atoms with Gasteiger partial charge in [-0.15, -0.1) is 0 Å². The van der Waals surface area contributed by atoms with E-state index in [2.05, 4.69) is 4.74 Å². The number of aliphatic carboxylic acids is 1. The molecule has 10 heteroatoms. The Morgan fingerprint density at radius 2 is 1.83 bits per heavy atom. The van der Waals surface area contributed by atoms with E-state index in [1.54, 1.807) is 28.8 Å². The van der Waals surface area contributed by atoms with Crippen LogP contribution >= 0.6 is 11.3 Å². The fraction of sp³-hybridized carbons (Fsp3) is 0.300. The topological polar surface area (TPSA) is 77.8 Å². The molecule has 1 aromatic heterocycles. The van der Waals surface area contributed by atoms with Crippen molar-refractivity contribution in [3.05, 3.63) is 63.8 Å². The van der Waals surface area contributed by atoms with Crippen LogP contribution in [0.4, 0.5) is 13.2 Å². The lowest BCUT2D eigenvalue weighted by molar-refractivity contribution is -0.192. The number of halogens is 3. The standard InChI is InChI=1S/C20H18F3NO5S/c21-20(22,23)12-29-16(18(25)26)11-13-5-7-14(8-6-13)28-10-9-24-15-3-1-2-4-17(15)30-19(24)27/h1-8,16H,9-12H2,(H,25,26). The van der Waals surface area contributed by atoms with E-state index in [-0.39, 0.29) is 17.9 Å². The van der Waals surface area contributed by atoms with Gasteiger partial charge in [0.1, 0.15) is 19.0 Å². The number of ether oxygens (including phenoxy) is 2. The molecule has 0 fully saturated rings. The van der Waals surface area contributed by atoms with Crippen LogP contribution in [0.25, 0.3) is 10.2 Å². The molecule has 3 aromatic rings. The molecule has 0 saturated heterocycles. The maximum atomic E-state index is 12.2. The smallest absolute Gasteiger partial charge is 0.411 e. The van der Waals surface area contributed by atoms with Gasteiger partial charge in [-0.3, -0.25) is 9.36 Å². The number of fused-ring (bicyclic) bond motifs is 1. The zero-order valence-corrected chi connectivity index (χ0v) is 16.4. The molecule has 2 aromatic carbocycles. The van der Waals surface area contributed by atoms with Crippen LogP contribution in [0.1, 0.15) is 5.56 Å². The van der Waals surface area contributed by atoms with Crippen LogP contribution in [0.5, 0.6) is 5.75 Å². The second-order valence-electron chi connectivity index (χ2n) is 6.44. The van der Waals surface area contributed by atoms with E-state index in [1.165, 1.54) is 0 Å². The molecule has 3 rings (SSSR count). The number of carboxylic acid groups (broad SMARTS) is 1. The van der Waals surface area contributed by atoms with Crippen molar-refractivity contribution in [1.82, 2.24) is 4.57 Å². The summed E-state index contributed by atoms with van der Waals surface area (Å²) in [5.41, 5.74) is 1.34. The number of nitrogens with zero attached hydrogens (tertiary/aromatic N) is 1. The second-order valence-corrected chi connectivity index (χ2v) is 7.43. The van der Waals surface area contributed by atoms with Crippen molar-refractivity contribution >= 4 is 27.5 Å². The largest absolute Gasteiger partial charge is 0.492 e. The first-order chi connectivity index (χ1) is 14.2. The molecule has 0 radical (unpaired) electrons. The Balaban J connectivity index is 1.55. The maximum absolute atomic E-state index is 12.2. The number of carboxylic acids is 1. The van der Waals surface area contributed by atoms with Crippen molar-refractivity contribution in [3.8, 4) is 5.75 Å². The van der Waals surface area contributed by atoms with Crippen LogP contribution in [0.2, 0.25) is 0 Å². The minimum Gasteiger partial charge on any atom is -0.492 e. The number of hydrogen-bond donors (Lipinski definition) is 1. The molecular weight excluding hydrogens is 423 g/mol. The summed E-state index contributed by atoms with van der Waals surface area (Å²) >= 11 is 1.16. The minimum absolute atomic E-state index is 0.0753. The van der Waals surface area contributed by atoms with Gasteiger partial charge in [0.25, 0.3) is 0 Å². The highest BCUT2D eigenvalue weighted by molar-refractivity contribution is 7.16. The lowest BCUT2D eigenvalue weighted by Crippen LogP contribution is -2.31. The van der Waals surface area contributed by atoms with Crippen LogP contribution in [-0.2, 0) is 22.5 Å². The summed E-state index contributed by atoms with van der Waals surface area (Å²) < 4.78 is 49.4. The molecule has 1 N–H and O–H groups in total. The van der Waals surface area contributed by atoms with E-state index in [0.717, 1.165) is 21.6 Å². The van der Waals surface area contributed by atoms with Gasteiger partial charge in [-0.25, -0.2) is 4.79 Å². The summed E-state index contributed by atoms with van der Waals surface area (Å²) in [6.07, 6.45) is -6.40. The van der Waals surface area contributed by atoms with Gasteiger partial charge in [0.2, 0.25) is 0 Å². The Morgan fingerprint density at radius 1 is 1.13 bits per heavy atom. The zero-order valence-electron chi connectivity index (χ0n) is 15.6. The van der Waals surface area contributed by atoms with Gasteiger partial charge in [0, 0.05) is 6.42 Å². The highest BCUT2D eigenvalue weighted by atomic mass is 32.1. The van der Waals surface area contributed by atoms with Gasteiger partial charge < -0.3 is 14.6 Å². The molecule has 0 amide bonds. The van der Waals surface area contributed by atoms with E-state index < -0.39 is 24.9 Å². The molecule has 1 atom stereocenters. The summed E-state index contributed by atoms with van der Waals surface area (Å²) in [7, 11) is 0. The van der Waals surface area contributed by atoms with Crippen molar-refractivity contribution < 1.29 is 32.5 Å². The predicted octanol–water partition coefficient (Wildman–Crippen LogP) is 3.72. The summed E-state index contributed by atoms with van der Waals surface area (Å²) in [6.45, 7) is -1.02. The Labute approximate surface area is 173 Å². The number of benzene rings is 2. The molecule has 1 heterocycles. The molecule has 0 bridgehead atoms. The van der Waals surface area contributed by atoms with Crippen LogP contribution in [0.15, 0.2) is 53.3 Å². The highest BCUT2D eigenvalue weighted by Gasteiger charge is 2.31. The third kappa shape index (κ3) is 5.83. The average molecular weight is 441 g/mol. The summed E-state index contributed by atoms with van der Waals surface area (Å²) in [4.78, 5) is 23.1. The van der Waals surface area contributed by atoms with Crippen LogP contribution in [-0.4, -0.2) is 41.1 Å². The quantitative estimate of drug-likeness (QED) is 0.548. The molecule has 30 heavy (non-hydrogen) atoms. The number of hydrogen-bond acceptors (Lipinski definition) is 5. The fourth-order valence-electron chi connectivity index (χ4n) is 2.83. The molecule has 0 spiro atoms. The number of alkyl halides is 3. The van der Waals surface area contributed by atoms with Crippen molar-refractivity contribution in [2.45, 2.75) is 25.2 Å². The Kier molecular flexibility index (Phi) is 6.78. The molecule has 6 nitrogen and oxygen atoms in total. The number of carbonyl (C=O) groups is 1. The first-order valence-corrected chi connectivity index (χ1v) is 9.76. The Hall–Kier alpha value is -2.85. The number of aromatic nitrogens is 1. The number of thiazole rings is 1. The summed E-state index contributed by atoms with van der Waals surface area (Å²) in [5.74, 6) is -0.970. The van der Waals surface area contributed by atoms with Crippen molar-refractivity contribution in [2.24, 2.45) is 0 Å². The first kappa shape index (κ1) is 21.8. The number of para-hydroxylation sites is 1. The van der Waals surface area contributed by atoms with Gasteiger partial charge in [0.05, 0.1) is 16.8 Å². The third-order valence-corrected chi connectivity index (χ3v) is 5.19. The van der Waals surface area contributed by atoms with Crippen molar-refractivity contribution in [2.75, 3.05) is 13.2 Å². The molecule has 0 aliphatic carbocycles. The second kappa shape index (κ2) is 9.31. The summed E-state index contributed by atoms with van der Waals surface area (Å²) in [5, 5.41) is 9.05. The molecule has 160 valence electrons. The van der Waals surface area contributed by atoms with E-state index in [1.807, 2.05) is 24.3 Å². The molecule has 0 aliphatic rings. The third-order valence-electron chi connectivity index (χ3n) is 4.23. The lowest BCUT2D eigenvalue weighted by atomic mass is 10.1. The Bertz CT molecular complexity index is 1060. The molecule has 0 aliphatic heterocycles. The van der Waals surface area contributed by atoms with Gasteiger partial charge in [-0.05, 0) is 29.8 Å². The summed E-state index contributed by atoms with van der Waals surface area (Å²) in [6, 6.07) is 13.8. The monoisotopic (exact) mass is 441 g/mol. The van der Waals surface area contributed by atoms with Gasteiger partial charge >= 0.3 is 17.0 Å². The SMILES string of the molecule is O=C(O)C(Cc1ccc(OCCn2c(=O)sc3ccccc32)cc1)OCC(F)(F)F. The first-order valence-electron chi connectivity index (χ1n) is 8.94. The van der Waals surface area contributed by atoms with Gasteiger partial charge in [-0.2, -0.15) is 13.2 Å². The maximum Gasteiger partial charge on any atom is 0.411 e. The van der Waals surface area contributed by atoms with E-state index >= 15 is 0 Å². The fourth-order valence-corrected chi connectivity index (χ4v) is 3.75. The van der Waals surface area contributed by atoms with Gasteiger partial charge in [-0.1, -0.05) is 35.6 Å². The minimum atomic E-state index is -4.60. The molecular formula is C20H18F3NO5S. The van der Waals surface area contributed by atoms with E-state index in [4.69, 9.17) is 9.84 Å².